The number of hydrogen-bond acceptors (Lipinski definition) is 9. The number of aliphatic hydroxyl groups is 2. The fraction of sp³-hybridized carbons (Fsp3) is 0.593. The number of rotatable bonds is 16. The molecule has 0 spiro atoms. The summed E-state index contributed by atoms with van der Waals surface area (Å²) in [7, 11) is 1.64. The predicted octanol–water partition coefficient (Wildman–Crippen LogP) is 2.87. The van der Waals surface area contributed by atoms with Gasteiger partial charge in [0.05, 0.1) is 18.8 Å². The maximum Gasteiger partial charge on any atom is 0.305 e. The molecular weight excluding hydrogens is 484 g/mol. The molecule has 0 saturated heterocycles. The van der Waals surface area contributed by atoms with Crippen LogP contribution in [0.25, 0.3) is 0 Å². The van der Waals surface area contributed by atoms with Gasteiger partial charge in [-0.3, -0.25) is 14.4 Å². The molecule has 1 aliphatic rings. The monoisotopic (exact) mass is 522 g/mol. The first-order valence-corrected chi connectivity index (χ1v) is 13.5. The number of ketones is 1. The van der Waals surface area contributed by atoms with E-state index in [9.17, 15) is 24.6 Å². The van der Waals surface area contributed by atoms with Crippen molar-refractivity contribution in [3.05, 3.63) is 47.5 Å². The number of thioether (sulfide) groups is 1. The summed E-state index contributed by atoms with van der Waals surface area (Å²) in [4.78, 5) is 34.8. The standard InChI is InChI=1S/C27H38O8S/c1-19(28)34-11-12-35-27(32)7-4-13-36-14-10-24-23(25(30)17-26(24)31)9-8-22(29)16-20-5-3-6-21(15-20)18-33-2/h3,5-6,8-9,15,22-25,29-30H,4,7,10-14,16-18H2,1-2H3/b9-8+/t22-,23+,24-,25-/m1/s1. The molecule has 0 heterocycles. The zero-order valence-corrected chi connectivity index (χ0v) is 21.9. The maximum absolute atomic E-state index is 12.4. The van der Waals surface area contributed by atoms with Crippen molar-refractivity contribution in [3.8, 4) is 0 Å². The molecule has 1 aromatic carbocycles. The average Bonchev–Trinajstić information content (AvgIpc) is 3.09. The molecule has 0 unspecified atom stereocenters. The highest BCUT2D eigenvalue weighted by molar-refractivity contribution is 7.99. The van der Waals surface area contributed by atoms with Gasteiger partial charge in [-0.1, -0.05) is 36.4 Å². The largest absolute Gasteiger partial charge is 0.462 e. The van der Waals surface area contributed by atoms with E-state index in [1.54, 1.807) is 31.0 Å². The van der Waals surface area contributed by atoms with Gasteiger partial charge < -0.3 is 24.4 Å². The number of ether oxygens (including phenoxy) is 3. The lowest BCUT2D eigenvalue weighted by Crippen LogP contribution is -2.20. The zero-order chi connectivity index (χ0) is 26.3. The highest BCUT2D eigenvalue weighted by Gasteiger charge is 2.39. The average molecular weight is 523 g/mol. The van der Waals surface area contributed by atoms with E-state index >= 15 is 0 Å². The molecule has 1 aliphatic carbocycles. The van der Waals surface area contributed by atoms with Gasteiger partial charge in [0.25, 0.3) is 0 Å². The molecule has 2 N–H and O–H groups in total. The Hall–Kier alpha value is -2.20. The predicted molar refractivity (Wildman–Crippen MR) is 137 cm³/mol. The van der Waals surface area contributed by atoms with Crippen molar-refractivity contribution in [1.82, 2.24) is 0 Å². The summed E-state index contributed by atoms with van der Waals surface area (Å²) in [6.07, 6.45) is 4.18. The van der Waals surface area contributed by atoms with E-state index in [1.165, 1.54) is 6.92 Å². The minimum atomic E-state index is -0.734. The fourth-order valence-electron chi connectivity index (χ4n) is 4.22. The molecule has 0 aromatic heterocycles. The number of carbonyl (C=O) groups excluding carboxylic acids is 3. The van der Waals surface area contributed by atoms with Crippen molar-refractivity contribution in [2.75, 3.05) is 31.8 Å². The number of hydrogen-bond donors (Lipinski definition) is 2. The molecule has 0 amide bonds. The Kier molecular flexibility index (Phi) is 13.8. The van der Waals surface area contributed by atoms with Crippen LogP contribution in [-0.2, 0) is 41.6 Å². The van der Waals surface area contributed by atoms with Crippen LogP contribution in [0.1, 0.15) is 43.7 Å². The molecule has 36 heavy (non-hydrogen) atoms. The zero-order valence-electron chi connectivity index (χ0n) is 21.1. The van der Waals surface area contributed by atoms with Gasteiger partial charge in [0, 0.05) is 45.1 Å². The van der Waals surface area contributed by atoms with Gasteiger partial charge in [-0.15, -0.1) is 0 Å². The quantitative estimate of drug-likeness (QED) is 0.192. The van der Waals surface area contributed by atoms with Gasteiger partial charge in [-0.25, -0.2) is 0 Å². The number of Topliss-reactive ketones (excluding diaryl/α,β-unsaturated/α-hetero) is 1. The van der Waals surface area contributed by atoms with Crippen molar-refractivity contribution < 1.29 is 38.8 Å². The van der Waals surface area contributed by atoms with Crippen LogP contribution in [0.3, 0.4) is 0 Å². The molecule has 4 atom stereocenters. The second kappa shape index (κ2) is 16.5. The molecule has 200 valence electrons. The first-order chi connectivity index (χ1) is 17.3. The Morgan fingerprint density at radius 2 is 1.94 bits per heavy atom. The van der Waals surface area contributed by atoms with Crippen LogP contribution in [0.15, 0.2) is 36.4 Å². The lowest BCUT2D eigenvalue weighted by Gasteiger charge is -2.18. The van der Waals surface area contributed by atoms with Crippen LogP contribution in [0, 0.1) is 11.8 Å². The van der Waals surface area contributed by atoms with Crippen molar-refractivity contribution in [1.29, 1.82) is 0 Å². The molecule has 0 radical (unpaired) electrons. The van der Waals surface area contributed by atoms with E-state index in [0.717, 1.165) is 22.6 Å². The topological polar surface area (TPSA) is 119 Å². The van der Waals surface area contributed by atoms with Crippen LogP contribution < -0.4 is 0 Å². The molecule has 1 fully saturated rings. The number of methoxy groups -OCH3 is 1. The molecule has 8 nitrogen and oxygen atoms in total. The van der Waals surface area contributed by atoms with E-state index in [-0.39, 0.29) is 49.6 Å². The van der Waals surface area contributed by atoms with Gasteiger partial charge >= 0.3 is 11.9 Å². The Bertz CT molecular complexity index is 871. The Morgan fingerprint density at radius 1 is 1.19 bits per heavy atom. The lowest BCUT2D eigenvalue weighted by atomic mass is 9.91. The van der Waals surface area contributed by atoms with E-state index in [1.807, 2.05) is 24.3 Å². The maximum atomic E-state index is 12.4. The summed E-state index contributed by atoms with van der Waals surface area (Å²) in [5.74, 6) is 0.232. The summed E-state index contributed by atoms with van der Waals surface area (Å²) in [5.41, 5.74) is 2.03. The molecular formula is C27H38O8S. The first-order valence-electron chi connectivity index (χ1n) is 12.3. The van der Waals surface area contributed by atoms with Crippen molar-refractivity contribution >= 4 is 29.5 Å². The highest BCUT2D eigenvalue weighted by Crippen LogP contribution is 2.34. The Balaban J connectivity index is 1.71. The molecule has 1 saturated carbocycles. The third-order valence-electron chi connectivity index (χ3n) is 5.93. The van der Waals surface area contributed by atoms with E-state index < -0.39 is 18.2 Å². The van der Waals surface area contributed by atoms with Crippen molar-refractivity contribution in [3.63, 3.8) is 0 Å². The van der Waals surface area contributed by atoms with Crippen molar-refractivity contribution in [2.45, 2.75) is 57.8 Å². The first kappa shape index (κ1) is 30.0. The van der Waals surface area contributed by atoms with Crippen LogP contribution in [-0.4, -0.2) is 72.0 Å². The van der Waals surface area contributed by atoms with Gasteiger partial charge in [0.15, 0.2) is 0 Å². The van der Waals surface area contributed by atoms with E-state index in [0.29, 0.717) is 25.9 Å². The van der Waals surface area contributed by atoms with Crippen LogP contribution in [0.4, 0.5) is 0 Å². The summed E-state index contributed by atoms with van der Waals surface area (Å²) in [5, 5.41) is 20.9. The normalized spacial score (nSPS) is 20.6. The van der Waals surface area contributed by atoms with Crippen LogP contribution in [0.2, 0.25) is 0 Å². The minimum Gasteiger partial charge on any atom is -0.462 e. The van der Waals surface area contributed by atoms with E-state index in [2.05, 4.69) is 0 Å². The van der Waals surface area contributed by atoms with Gasteiger partial charge in [0.2, 0.25) is 0 Å². The summed E-state index contributed by atoms with van der Waals surface area (Å²) in [6, 6.07) is 7.85. The minimum absolute atomic E-state index is 0.0517. The Morgan fingerprint density at radius 3 is 2.69 bits per heavy atom. The molecule has 1 aromatic rings. The molecule has 9 heteroatoms. The Labute approximate surface area is 217 Å². The van der Waals surface area contributed by atoms with Crippen molar-refractivity contribution in [2.24, 2.45) is 11.8 Å². The number of aliphatic hydroxyl groups excluding tert-OH is 2. The number of benzene rings is 1. The molecule has 0 bridgehead atoms. The third-order valence-corrected chi connectivity index (χ3v) is 7.03. The summed E-state index contributed by atoms with van der Waals surface area (Å²) in [6.45, 7) is 1.93. The second-order valence-corrected chi connectivity index (χ2v) is 10.1. The third kappa shape index (κ3) is 11.2. The SMILES string of the molecule is COCc1cccc(C[C@H](O)/C=C/[C@@H]2[C@H](O)CC(=O)[C@@H]2CCSCCCC(=O)OCCOC(C)=O)c1. The van der Waals surface area contributed by atoms with Crippen LogP contribution in [0.5, 0.6) is 0 Å². The number of esters is 2. The van der Waals surface area contributed by atoms with Gasteiger partial charge in [0.1, 0.15) is 19.0 Å². The van der Waals surface area contributed by atoms with Crippen LogP contribution >= 0.6 is 11.8 Å². The van der Waals surface area contributed by atoms with Gasteiger partial charge in [-0.2, -0.15) is 11.8 Å². The summed E-state index contributed by atoms with van der Waals surface area (Å²) < 4.78 is 14.8. The molecule has 2 rings (SSSR count). The number of carbonyl (C=O) groups is 3. The second-order valence-electron chi connectivity index (χ2n) is 8.90. The fourth-order valence-corrected chi connectivity index (χ4v) is 5.19. The molecule has 0 aliphatic heterocycles. The summed E-state index contributed by atoms with van der Waals surface area (Å²) >= 11 is 1.66. The van der Waals surface area contributed by atoms with E-state index in [4.69, 9.17) is 14.2 Å². The lowest BCUT2D eigenvalue weighted by molar-refractivity contribution is -0.151. The highest BCUT2D eigenvalue weighted by atomic mass is 32.2. The smallest absolute Gasteiger partial charge is 0.305 e. The van der Waals surface area contributed by atoms with Gasteiger partial charge in [-0.05, 0) is 35.5 Å².